The standard InChI is InChI=1S/C23H19Cl2N3S/c1-28-11-10-21-20(13-28)22(16-4-8-18(25)9-5-16)19(12-26)23(27-21)29-14-15-2-6-17(24)7-3-15/h2-9H,10-11,13-14H2,1H3. The van der Waals surface area contributed by atoms with Gasteiger partial charge in [-0.15, -0.1) is 11.8 Å². The lowest BCUT2D eigenvalue weighted by atomic mass is 9.92. The SMILES string of the molecule is CN1CCc2nc(SCc3ccc(Cl)cc3)c(C#N)c(-c3ccc(Cl)cc3)c2C1. The summed E-state index contributed by atoms with van der Waals surface area (Å²) in [6.45, 7) is 1.75. The third kappa shape index (κ3) is 4.44. The summed E-state index contributed by atoms with van der Waals surface area (Å²) in [5.41, 5.74) is 6.02. The van der Waals surface area contributed by atoms with E-state index in [-0.39, 0.29) is 0 Å². The van der Waals surface area contributed by atoms with Crippen LogP contribution in [-0.4, -0.2) is 23.5 Å². The van der Waals surface area contributed by atoms with E-state index in [0.717, 1.165) is 63.3 Å². The second kappa shape index (κ2) is 8.77. The molecule has 1 aliphatic heterocycles. The second-order valence-electron chi connectivity index (χ2n) is 7.11. The number of hydrogen-bond donors (Lipinski definition) is 0. The summed E-state index contributed by atoms with van der Waals surface area (Å²) in [5.74, 6) is 0.734. The van der Waals surface area contributed by atoms with Crippen molar-refractivity contribution >= 4 is 35.0 Å². The Morgan fingerprint density at radius 2 is 1.72 bits per heavy atom. The Hall–Kier alpha value is -2.03. The largest absolute Gasteiger partial charge is 0.302 e. The van der Waals surface area contributed by atoms with Crippen LogP contribution >= 0.6 is 35.0 Å². The van der Waals surface area contributed by atoms with Gasteiger partial charge in [-0.05, 0) is 48.0 Å². The number of nitrogens with zero attached hydrogens (tertiary/aromatic N) is 3. The summed E-state index contributed by atoms with van der Waals surface area (Å²) < 4.78 is 0. The van der Waals surface area contributed by atoms with Gasteiger partial charge in [-0.2, -0.15) is 5.26 Å². The van der Waals surface area contributed by atoms with Crippen LogP contribution in [0.2, 0.25) is 10.0 Å². The summed E-state index contributed by atoms with van der Waals surface area (Å²) >= 11 is 13.7. The summed E-state index contributed by atoms with van der Waals surface area (Å²) in [5, 5.41) is 12.2. The molecule has 3 aromatic rings. The molecule has 0 spiro atoms. The van der Waals surface area contributed by atoms with Gasteiger partial charge in [-0.3, -0.25) is 0 Å². The molecule has 2 aromatic carbocycles. The highest BCUT2D eigenvalue weighted by Crippen LogP contribution is 2.38. The molecule has 146 valence electrons. The van der Waals surface area contributed by atoms with Crippen molar-refractivity contribution in [3.8, 4) is 17.2 Å². The molecular weight excluding hydrogens is 421 g/mol. The lowest BCUT2D eigenvalue weighted by Gasteiger charge is -2.28. The van der Waals surface area contributed by atoms with E-state index >= 15 is 0 Å². The smallest absolute Gasteiger partial charge is 0.115 e. The van der Waals surface area contributed by atoms with Crippen LogP contribution in [0.25, 0.3) is 11.1 Å². The number of thioether (sulfide) groups is 1. The zero-order chi connectivity index (χ0) is 20.4. The van der Waals surface area contributed by atoms with Crippen molar-refractivity contribution < 1.29 is 0 Å². The maximum atomic E-state index is 10.1. The Labute approximate surface area is 185 Å². The minimum Gasteiger partial charge on any atom is -0.302 e. The number of benzene rings is 2. The van der Waals surface area contributed by atoms with E-state index < -0.39 is 0 Å². The topological polar surface area (TPSA) is 39.9 Å². The van der Waals surface area contributed by atoms with Crippen molar-refractivity contribution in [2.45, 2.75) is 23.7 Å². The molecule has 3 nitrogen and oxygen atoms in total. The van der Waals surface area contributed by atoms with Crippen molar-refractivity contribution in [3.05, 3.63) is 81.0 Å². The number of pyridine rings is 1. The highest BCUT2D eigenvalue weighted by molar-refractivity contribution is 7.98. The van der Waals surface area contributed by atoms with Crippen LogP contribution in [0.5, 0.6) is 0 Å². The Kier molecular flexibility index (Phi) is 6.12. The van der Waals surface area contributed by atoms with Gasteiger partial charge in [0.25, 0.3) is 0 Å². The maximum absolute atomic E-state index is 10.1. The molecule has 0 radical (unpaired) electrons. The molecule has 0 unspecified atom stereocenters. The fraction of sp³-hybridized carbons (Fsp3) is 0.217. The number of hydrogen-bond acceptors (Lipinski definition) is 4. The van der Waals surface area contributed by atoms with Crippen LogP contribution < -0.4 is 0 Å². The molecule has 1 aliphatic rings. The number of fused-ring (bicyclic) bond motifs is 1. The van der Waals surface area contributed by atoms with Crippen LogP contribution in [0.4, 0.5) is 0 Å². The minimum absolute atomic E-state index is 0.639. The van der Waals surface area contributed by atoms with E-state index in [1.54, 1.807) is 11.8 Å². The maximum Gasteiger partial charge on any atom is 0.115 e. The van der Waals surface area contributed by atoms with Crippen molar-refractivity contribution in [1.29, 1.82) is 5.26 Å². The first-order valence-electron chi connectivity index (χ1n) is 9.32. The monoisotopic (exact) mass is 439 g/mol. The first kappa shape index (κ1) is 20.3. The molecule has 0 atom stereocenters. The van der Waals surface area contributed by atoms with Gasteiger partial charge >= 0.3 is 0 Å². The Bertz CT molecular complexity index is 1070. The van der Waals surface area contributed by atoms with Gasteiger partial charge in [0.1, 0.15) is 11.1 Å². The van der Waals surface area contributed by atoms with Crippen molar-refractivity contribution in [2.75, 3.05) is 13.6 Å². The van der Waals surface area contributed by atoms with Crippen LogP contribution in [-0.2, 0) is 18.7 Å². The molecule has 0 bridgehead atoms. The molecule has 0 aliphatic carbocycles. The summed E-state index contributed by atoms with van der Waals surface area (Å²) in [7, 11) is 2.10. The number of aromatic nitrogens is 1. The zero-order valence-corrected chi connectivity index (χ0v) is 18.3. The van der Waals surface area contributed by atoms with E-state index in [4.69, 9.17) is 28.2 Å². The highest BCUT2D eigenvalue weighted by atomic mass is 35.5. The van der Waals surface area contributed by atoms with E-state index in [9.17, 15) is 5.26 Å². The third-order valence-corrected chi connectivity index (χ3v) is 6.59. The van der Waals surface area contributed by atoms with Gasteiger partial charge in [0, 0.05) is 46.6 Å². The van der Waals surface area contributed by atoms with E-state index in [2.05, 4.69) is 18.0 Å². The van der Waals surface area contributed by atoms with Crippen molar-refractivity contribution in [3.63, 3.8) is 0 Å². The summed E-state index contributed by atoms with van der Waals surface area (Å²) in [6.07, 6.45) is 0.882. The average molecular weight is 440 g/mol. The summed E-state index contributed by atoms with van der Waals surface area (Å²) in [6, 6.07) is 17.9. The Morgan fingerprint density at radius 1 is 1.07 bits per heavy atom. The van der Waals surface area contributed by atoms with Gasteiger partial charge in [-0.25, -0.2) is 4.98 Å². The molecule has 0 saturated carbocycles. The van der Waals surface area contributed by atoms with Gasteiger partial charge < -0.3 is 4.90 Å². The van der Waals surface area contributed by atoms with Crippen LogP contribution in [0.3, 0.4) is 0 Å². The minimum atomic E-state index is 0.639. The lowest BCUT2D eigenvalue weighted by Crippen LogP contribution is -2.28. The number of rotatable bonds is 4. The normalized spacial score (nSPS) is 13.7. The molecule has 29 heavy (non-hydrogen) atoms. The molecule has 0 amide bonds. The molecule has 0 fully saturated rings. The first-order valence-corrected chi connectivity index (χ1v) is 11.1. The second-order valence-corrected chi connectivity index (χ2v) is 8.95. The molecule has 4 rings (SSSR count). The third-order valence-electron chi connectivity index (χ3n) is 5.04. The first-order chi connectivity index (χ1) is 14.0. The van der Waals surface area contributed by atoms with Crippen LogP contribution in [0.1, 0.15) is 22.4 Å². The number of nitriles is 1. The Balaban J connectivity index is 1.79. The molecule has 1 aromatic heterocycles. The van der Waals surface area contributed by atoms with Crippen LogP contribution in [0.15, 0.2) is 53.6 Å². The number of halogens is 2. The van der Waals surface area contributed by atoms with Crippen molar-refractivity contribution in [1.82, 2.24) is 9.88 Å². The Morgan fingerprint density at radius 3 is 2.38 bits per heavy atom. The quantitative estimate of drug-likeness (QED) is 0.453. The summed E-state index contributed by atoms with van der Waals surface area (Å²) in [4.78, 5) is 7.19. The van der Waals surface area contributed by atoms with Crippen LogP contribution in [0, 0.1) is 11.3 Å². The van der Waals surface area contributed by atoms with Crippen molar-refractivity contribution in [2.24, 2.45) is 0 Å². The van der Waals surface area contributed by atoms with Gasteiger partial charge in [0.2, 0.25) is 0 Å². The molecule has 0 saturated heterocycles. The van der Waals surface area contributed by atoms with E-state index in [1.807, 2.05) is 48.5 Å². The molecule has 0 N–H and O–H groups in total. The lowest BCUT2D eigenvalue weighted by molar-refractivity contribution is 0.309. The predicted molar refractivity (Wildman–Crippen MR) is 120 cm³/mol. The number of likely N-dealkylation sites (N-methyl/N-ethyl adjacent to an activating group) is 1. The molecule has 6 heteroatoms. The predicted octanol–water partition coefficient (Wildman–Crippen LogP) is 6.21. The van der Waals surface area contributed by atoms with E-state index in [0.29, 0.717) is 10.6 Å². The zero-order valence-electron chi connectivity index (χ0n) is 16.0. The fourth-order valence-electron chi connectivity index (χ4n) is 3.55. The molecular formula is C23H19Cl2N3S. The molecule has 2 heterocycles. The van der Waals surface area contributed by atoms with Gasteiger partial charge in [-0.1, -0.05) is 47.5 Å². The van der Waals surface area contributed by atoms with E-state index in [1.165, 1.54) is 0 Å². The van der Waals surface area contributed by atoms with Gasteiger partial charge in [0.05, 0.1) is 5.56 Å². The average Bonchev–Trinajstić information content (AvgIpc) is 2.73. The fourth-order valence-corrected chi connectivity index (χ4v) is 4.76. The van der Waals surface area contributed by atoms with Gasteiger partial charge in [0.15, 0.2) is 0 Å². The highest BCUT2D eigenvalue weighted by Gasteiger charge is 2.25.